The highest BCUT2D eigenvalue weighted by molar-refractivity contribution is 6.30. The molecule has 0 aliphatic heterocycles. The largest absolute Gasteiger partial charge is 0.396 e. The Balaban J connectivity index is 2.06. The van der Waals surface area contributed by atoms with Crippen LogP contribution in [-0.2, 0) is 10.3 Å². The van der Waals surface area contributed by atoms with Crippen molar-refractivity contribution in [1.29, 1.82) is 0 Å². The summed E-state index contributed by atoms with van der Waals surface area (Å²) in [5.74, 6) is 0.0127. The van der Waals surface area contributed by atoms with Crippen LogP contribution in [0.25, 0.3) is 0 Å². The summed E-state index contributed by atoms with van der Waals surface area (Å²) < 4.78 is 0. The molecule has 0 aromatic heterocycles. The predicted molar refractivity (Wildman–Crippen MR) is 71.4 cm³/mol. The topological polar surface area (TPSA) is 49.3 Å². The van der Waals surface area contributed by atoms with Crippen molar-refractivity contribution in [3.05, 3.63) is 34.9 Å². The lowest BCUT2D eigenvalue weighted by Crippen LogP contribution is -2.50. The lowest BCUT2D eigenvalue weighted by atomic mass is 9.71. The van der Waals surface area contributed by atoms with E-state index in [1.54, 1.807) is 0 Å². The van der Waals surface area contributed by atoms with Crippen LogP contribution in [0.3, 0.4) is 0 Å². The number of aliphatic hydroxyl groups is 1. The highest BCUT2D eigenvalue weighted by Crippen LogP contribution is 2.41. The van der Waals surface area contributed by atoms with Crippen LogP contribution in [0, 0.1) is 0 Å². The van der Waals surface area contributed by atoms with Gasteiger partial charge in [0, 0.05) is 18.1 Å². The molecule has 0 saturated heterocycles. The van der Waals surface area contributed by atoms with E-state index in [4.69, 9.17) is 16.7 Å². The number of amides is 1. The fraction of sp³-hybridized carbons (Fsp3) is 0.500. The van der Waals surface area contributed by atoms with Crippen molar-refractivity contribution in [1.82, 2.24) is 5.32 Å². The molecule has 1 fully saturated rings. The number of carbonyl (C=O) groups is 1. The van der Waals surface area contributed by atoms with Crippen molar-refractivity contribution in [3.8, 4) is 0 Å². The summed E-state index contributed by atoms with van der Waals surface area (Å²) in [6.45, 7) is 0.0569. The Bertz CT molecular complexity index is 412. The Morgan fingerprint density at radius 3 is 2.50 bits per heavy atom. The molecule has 1 aliphatic carbocycles. The van der Waals surface area contributed by atoms with Crippen molar-refractivity contribution < 1.29 is 9.90 Å². The predicted octanol–water partition coefficient (Wildman–Crippen LogP) is 2.61. The van der Waals surface area contributed by atoms with Crippen molar-refractivity contribution in [2.45, 2.75) is 37.6 Å². The van der Waals surface area contributed by atoms with Crippen LogP contribution in [0.2, 0.25) is 5.02 Å². The molecule has 18 heavy (non-hydrogen) atoms. The zero-order valence-electron chi connectivity index (χ0n) is 10.3. The van der Waals surface area contributed by atoms with Gasteiger partial charge >= 0.3 is 0 Å². The Kier molecular flexibility index (Phi) is 4.25. The van der Waals surface area contributed by atoms with E-state index in [1.807, 2.05) is 24.3 Å². The summed E-state index contributed by atoms with van der Waals surface area (Å²) >= 11 is 5.88. The molecule has 1 aliphatic rings. The summed E-state index contributed by atoms with van der Waals surface area (Å²) in [7, 11) is 0. The maximum Gasteiger partial charge on any atom is 0.220 e. The Labute approximate surface area is 112 Å². The normalized spacial score (nSPS) is 17.0. The molecule has 0 atom stereocenters. The molecule has 0 bridgehead atoms. The molecule has 2 rings (SSSR count). The van der Waals surface area contributed by atoms with Gasteiger partial charge in [0.05, 0.1) is 5.54 Å². The Morgan fingerprint density at radius 2 is 2.00 bits per heavy atom. The minimum atomic E-state index is -0.211. The molecule has 0 unspecified atom stereocenters. The minimum absolute atomic E-state index is 0.0127. The standard InChI is InChI=1S/C14H18ClNO2/c15-12-6-4-11(5-7-12)14(8-2-9-14)16-13(18)3-1-10-17/h4-7,17H,1-3,8-10H2,(H,16,18). The van der Waals surface area contributed by atoms with E-state index in [1.165, 1.54) is 0 Å². The van der Waals surface area contributed by atoms with E-state index in [9.17, 15) is 4.79 Å². The van der Waals surface area contributed by atoms with Crippen LogP contribution in [0.1, 0.15) is 37.7 Å². The first kappa shape index (κ1) is 13.4. The summed E-state index contributed by atoms with van der Waals surface area (Å²) in [5, 5.41) is 12.6. The zero-order chi connectivity index (χ0) is 13.0. The molecule has 1 amide bonds. The van der Waals surface area contributed by atoms with Gasteiger partial charge in [-0.15, -0.1) is 0 Å². The number of halogens is 1. The fourth-order valence-corrected chi connectivity index (χ4v) is 2.48. The van der Waals surface area contributed by atoms with Crippen LogP contribution in [0.4, 0.5) is 0 Å². The van der Waals surface area contributed by atoms with Crippen LogP contribution in [-0.4, -0.2) is 17.6 Å². The third-order valence-corrected chi connectivity index (χ3v) is 3.80. The first-order chi connectivity index (χ1) is 8.66. The third-order valence-electron chi connectivity index (χ3n) is 3.54. The first-order valence-electron chi connectivity index (χ1n) is 6.34. The van der Waals surface area contributed by atoms with E-state index in [0.29, 0.717) is 17.9 Å². The number of hydrogen-bond donors (Lipinski definition) is 2. The first-order valence-corrected chi connectivity index (χ1v) is 6.72. The molecule has 0 heterocycles. The molecular weight excluding hydrogens is 250 g/mol. The van der Waals surface area contributed by atoms with Crippen molar-refractivity contribution in [3.63, 3.8) is 0 Å². The maximum atomic E-state index is 11.8. The lowest BCUT2D eigenvalue weighted by Gasteiger charge is -2.43. The number of carbonyl (C=O) groups excluding carboxylic acids is 1. The fourth-order valence-electron chi connectivity index (χ4n) is 2.35. The smallest absolute Gasteiger partial charge is 0.220 e. The number of nitrogens with one attached hydrogen (secondary N) is 1. The Morgan fingerprint density at radius 1 is 1.33 bits per heavy atom. The maximum absolute atomic E-state index is 11.8. The van der Waals surface area contributed by atoms with Crippen LogP contribution >= 0.6 is 11.6 Å². The minimum Gasteiger partial charge on any atom is -0.396 e. The second-order valence-corrected chi connectivity index (χ2v) is 5.25. The van der Waals surface area contributed by atoms with Gasteiger partial charge in [0.2, 0.25) is 5.91 Å². The molecule has 2 N–H and O–H groups in total. The highest BCUT2D eigenvalue weighted by atomic mass is 35.5. The summed E-state index contributed by atoms with van der Waals surface area (Å²) in [5.41, 5.74) is 0.910. The van der Waals surface area contributed by atoms with Gasteiger partial charge in [0.1, 0.15) is 0 Å². The van der Waals surface area contributed by atoms with E-state index >= 15 is 0 Å². The van der Waals surface area contributed by atoms with Crippen LogP contribution in [0.15, 0.2) is 24.3 Å². The van der Waals surface area contributed by atoms with Gasteiger partial charge in [-0.1, -0.05) is 23.7 Å². The van der Waals surface area contributed by atoms with Crippen LogP contribution < -0.4 is 5.32 Å². The van der Waals surface area contributed by atoms with Gasteiger partial charge in [-0.25, -0.2) is 0 Å². The van der Waals surface area contributed by atoms with Gasteiger partial charge in [-0.05, 0) is 43.4 Å². The molecule has 1 saturated carbocycles. The number of rotatable bonds is 5. The molecule has 98 valence electrons. The van der Waals surface area contributed by atoms with Crippen LogP contribution in [0.5, 0.6) is 0 Å². The van der Waals surface area contributed by atoms with Crippen molar-refractivity contribution >= 4 is 17.5 Å². The second kappa shape index (κ2) is 5.72. The second-order valence-electron chi connectivity index (χ2n) is 4.82. The quantitative estimate of drug-likeness (QED) is 0.862. The number of aliphatic hydroxyl groups excluding tert-OH is 1. The van der Waals surface area contributed by atoms with E-state index in [0.717, 1.165) is 24.8 Å². The molecule has 1 aromatic carbocycles. The monoisotopic (exact) mass is 267 g/mol. The summed E-state index contributed by atoms with van der Waals surface area (Å²) in [6.07, 6.45) is 3.97. The van der Waals surface area contributed by atoms with Crippen molar-refractivity contribution in [2.24, 2.45) is 0 Å². The average molecular weight is 268 g/mol. The van der Waals surface area contributed by atoms with Gasteiger partial charge in [0.25, 0.3) is 0 Å². The zero-order valence-corrected chi connectivity index (χ0v) is 11.0. The summed E-state index contributed by atoms with van der Waals surface area (Å²) in [6, 6.07) is 7.68. The van der Waals surface area contributed by atoms with Gasteiger partial charge in [-0.2, -0.15) is 0 Å². The van der Waals surface area contributed by atoms with Gasteiger partial charge in [0.15, 0.2) is 0 Å². The lowest BCUT2D eigenvalue weighted by molar-refractivity contribution is -0.124. The summed E-state index contributed by atoms with van der Waals surface area (Å²) in [4.78, 5) is 11.8. The number of benzene rings is 1. The molecule has 0 spiro atoms. The molecule has 4 heteroatoms. The average Bonchev–Trinajstić information content (AvgIpc) is 2.32. The molecule has 3 nitrogen and oxygen atoms in total. The van der Waals surface area contributed by atoms with Crippen molar-refractivity contribution in [2.75, 3.05) is 6.61 Å². The van der Waals surface area contributed by atoms with Gasteiger partial charge in [-0.3, -0.25) is 4.79 Å². The van der Waals surface area contributed by atoms with Gasteiger partial charge < -0.3 is 10.4 Å². The molecule has 1 aromatic rings. The molecular formula is C14H18ClNO2. The third kappa shape index (κ3) is 2.85. The van der Waals surface area contributed by atoms with E-state index in [-0.39, 0.29) is 18.1 Å². The number of hydrogen-bond acceptors (Lipinski definition) is 2. The SMILES string of the molecule is O=C(CCCO)NC1(c2ccc(Cl)cc2)CCC1. The molecule has 0 radical (unpaired) electrons. The Hall–Kier alpha value is -1.06. The highest BCUT2D eigenvalue weighted by Gasteiger charge is 2.39. The van der Waals surface area contributed by atoms with E-state index < -0.39 is 0 Å². The van der Waals surface area contributed by atoms with E-state index in [2.05, 4.69) is 5.32 Å².